The molecule has 2 atom stereocenters. The molecule has 1 amide bonds. The Kier molecular flexibility index (Phi) is 4.86. The van der Waals surface area contributed by atoms with Crippen LogP contribution in [-0.4, -0.2) is 61.9 Å². The zero-order chi connectivity index (χ0) is 21.8. The van der Waals surface area contributed by atoms with Gasteiger partial charge in [0.2, 0.25) is 10.0 Å². The molecule has 1 saturated carbocycles. The van der Waals surface area contributed by atoms with Crippen LogP contribution in [-0.2, 0) is 10.0 Å². The Morgan fingerprint density at radius 1 is 1.10 bits per heavy atom. The fraction of sp³-hybridized carbons (Fsp3) is 0.476. The Bertz CT molecular complexity index is 1120. The van der Waals surface area contributed by atoms with Gasteiger partial charge in [0.05, 0.1) is 17.6 Å². The number of hydrogen-bond acceptors (Lipinski definition) is 7. The van der Waals surface area contributed by atoms with Crippen LogP contribution in [0.2, 0.25) is 0 Å². The van der Waals surface area contributed by atoms with Crippen molar-refractivity contribution in [3.8, 4) is 5.75 Å². The SMILES string of the molecule is COc1ccc(S(=O)(=O)N2CC3CN(c4cc(C5CC5)ncn4)CC3C2)cc1C(N)=O. The molecule has 2 saturated heterocycles. The van der Waals surface area contributed by atoms with Crippen molar-refractivity contribution in [1.82, 2.24) is 14.3 Å². The van der Waals surface area contributed by atoms with Crippen molar-refractivity contribution in [2.45, 2.75) is 23.7 Å². The van der Waals surface area contributed by atoms with Gasteiger partial charge in [-0.3, -0.25) is 4.79 Å². The van der Waals surface area contributed by atoms with Gasteiger partial charge in [0.15, 0.2) is 0 Å². The van der Waals surface area contributed by atoms with E-state index in [1.165, 1.54) is 42.5 Å². The van der Waals surface area contributed by atoms with Crippen LogP contribution < -0.4 is 15.4 Å². The molecule has 2 N–H and O–H groups in total. The molecule has 3 fully saturated rings. The van der Waals surface area contributed by atoms with Gasteiger partial charge in [-0.2, -0.15) is 4.31 Å². The Labute approximate surface area is 181 Å². The van der Waals surface area contributed by atoms with Crippen molar-refractivity contribution in [3.05, 3.63) is 41.9 Å². The minimum Gasteiger partial charge on any atom is -0.496 e. The van der Waals surface area contributed by atoms with E-state index in [9.17, 15) is 13.2 Å². The van der Waals surface area contributed by atoms with Crippen molar-refractivity contribution in [2.24, 2.45) is 17.6 Å². The van der Waals surface area contributed by atoms with Crippen LogP contribution in [0.5, 0.6) is 5.75 Å². The van der Waals surface area contributed by atoms with E-state index >= 15 is 0 Å². The average Bonchev–Trinajstić information content (AvgIpc) is 3.42. The molecular weight excluding hydrogens is 418 g/mol. The summed E-state index contributed by atoms with van der Waals surface area (Å²) in [7, 11) is -2.32. The van der Waals surface area contributed by atoms with Crippen molar-refractivity contribution in [1.29, 1.82) is 0 Å². The molecular formula is C21H25N5O4S. The molecule has 10 heteroatoms. The smallest absolute Gasteiger partial charge is 0.252 e. The maximum Gasteiger partial charge on any atom is 0.252 e. The van der Waals surface area contributed by atoms with Crippen LogP contribution in [0.4, 0.5) is 5.82 Å². The lowest BCUT2D eigenvalue weighted by molar-refractivity contribution is 0.0997. The van der Waals surface area contributed by atoms with E-state index in [1.807, 2.05) is 0 Å². The van der Waals surface area contributed by atoms with E-state index in [4.69, 9.17) is 10.5 Å². The highest BCUT2D eigenvalue weighted by Gasteiger charge is 2.45. The van der Waals surface area contributed by atoms with E-state index in [1.54, 1.807) is 6.33 Å². The number of nitrogens with zero attached hydrogens (tertiary/aromatic N) is 4. The second-order valence-corrected chi connectivity index (χ2v) is 10.5. The topological polar surface area (TPSA) is 119 Å². The van der Waals surface area contributed by atoms with Gasteiger partial charge < -0.3 is 15.4 Å². The molecule has 5 rings (SSSR count). The van der Waals surface area contributed by atoms with Crippen LogP contribution in [0.25, 0.3) is 0 Å². The number of aromatic nitrogens is 2. The molecule has 3 aliphatic rings. The summed E-state index contributed by atoms with van der Waals surface area (Å²) in [5.41, 5.74) is 6.56. The number of fused-ring (bicyclic) bond motifs is 1. The van der Waals surface area contributed by atoms with Crippen LogP contribution in [0.1, 0.15) is 34.8 Å². The van der Waals surface area contributed by atoms with Gasteiger partial charge in [-0.25, -0.2) is 18.4 Å². The third kappa shape index (κ3) is 3.63. The highest BCUT2D eigenvalue weighted by Crippen LogP contribution is 2.41. The highest BCUT2D eigenvalue weighted by molar-refractivity contribution is 7.89. The number of primary amides is 1. The summed E-state index contributed by atoms with van der Waals surface area (Å²) in [6, 6.07) is 6.31. The summed E-state index contributed by atoms with van der Waals surface area (Å²) in [5, 5.41) is 0. The highest BCUT2D eigenvalue weighted by atomic mass is 32.2. The van der Waals surface area contributed by atoms with Gasteiger partial charge in [-0.05, 0) is 42.9 Å². The van der Waals surface area contributed by atoms with Crippen LogP contribution >= 0.6 is 0 Å². The number of methoxy groups -OCH3 is 1. The second kappa shape index (κ2) is 7.45. The summed E-state index contributed by atoms with van der Waals surface area (Å²) in [4.78, 5) is 22.8. The Hall–Kier alpha value is -2.72. The number of hydrogen-bond donors (Lipinski definition) is 1. The summed E-state index contributed by atoms with van der Waals surface area (Å²) in [6.07, 6.45) is 4.02. The van der Waals surface area contributed by atoms with Crippen molar-refractivity contribution < 1.29 is 17.9 Å². The Morgan fingerprint density at radius 2 is 1.81 bits per heavy atom. The standard InChI is InChI=1S/C21H25N5O4S/c1-30-19-5-4-16(6-17(19)21(22)27)31(28,29)26-10-14-8-25(9-15(14)11-26)20-7-18(13-2-3-13)23-12-24-20/h4-7,12-15H,2-3,8-11H2,1H3,(H2,22,27). The number of nitrogens with two attached hydrogens (primary N) is 1. The summed E-state index contributed by atoms with van der Waals surface area (Å²) < 4.78 is 33.1. The van der Waals surface area contributed by atoms with E-state index < -0.39 is 15.9 Å². The minimum absolute atomic E-state index is 0.0591. The molecule has 1 aliphatic carbocycles. The molecule has 1 aromatic carbocycles. The first-order valence-electron chi connectivity index (χ1n) is 10.4. The van der Waals surface area contributed by atoms with Crippen molar-refractivity contribution in [3.63, 3.8) is 0 Å². The molecule has 0 bridgehead atoms. The fourth-order valence-electron chi connectivity index (χ4n) is 4.66. The number of amides is 1. The van der Waals surface area contributed by atoms with Crippen LogP contribution in [0.15, 0.2) is 35.5 Å². The molecule has 0 spiro atoms. The average molecular weight is 444 g/mol. The minimum atomic E-state index is -3.73. The lowest BCUT2D eigenvalue weighted by Crippen LogP contribution is -2.33. The predicted octanol–water partition coefficient (Wildman–Crippen LogP) is 1.22. The Balaban J connectivity index is 1.31. The molecule has 9 nitrogen and oxygen atoms in total. The number of carbonyl (C=O) groups excluding carboxylic acids is 1. The predicted molar refractivity (Wildman–Crippen MR) is 113 cm³/mol. The van der Waals surface area contributed by atoms with Gasteiger partial charge in [-0.1, -0.05) is 0 Å². The molecule has 2 aromatic rings. The number of anilines is 1. The number of carbonyl (C=O) groups is 1. The van der Waals surface area contributed by atoms with Crippen LogP contribution in [0.3, 0.4) is 0 Å². The summed E-state index contributed by atoms with van der Waals surface area (Å²) >= 11 is 0. The van der Waals surface area contributed by atoms with E-state index in [2.05, 4.69) is 20.9 Å². The second-order valence-electron chi connectivity index (χ2n) is 8.55. The molecule has 1 aromatic heterocycles. The number of ether oxygens (including phenoxy) is 1. The van der Waals surface area contributed by atoms with Gasteiger partial charge >= 0.3 is 0 Å². The van der Waals surface area contributed by atoms with E-state index in [0.29, 0.717) is 19.0 Å². The lowest BCUT2D eigenvalue weighted by atomic mass is 10.0. The fourth-order valence-corrected chi connectivity index (χ4v) is 6.24. The zero-order valence-electron chi connectivity index (χ0n) is 17.3. The zero-order valence-corrected chi connectivity index (χ0v) is 18.1. The summed E-state index contributed by atoms with van der Waals surface area (Å²) in [6.45, 7) is 2.43. The normalized spacial score (nSPS) is 23.7. The Morgan fingerprint density at radius 3 is 2.42 bits per heavy atom. The van der Waals surface area contributed by atoms with E-state index in [-0.39, 0.29) is 28.0 Å². The van der Waals surface area contributed by atoms with Gasteiger partial charge in [0, 0.05) is 43.9 Å². The quantitative estimate of drug-likeness (QED) is 0.713. The first kappa shape index (κ1) is 20.2. The first-order valence-corrected chi connectivity index (χ1v) is 11.9. The maximum absolute atomic E-state index is 13.2. The molecule has 3 heterocycles. The van der Waals surface area contributed by atoms with Gasteiger partial charge in [-0.15, -0.1) is 0 Å². The maximum atomic E-state index is 13.2. The third-order valence-electron chi connectivity index (χ3n) is 6.52. The van der Waals surface area contributed by atoms with Crippen molar-refractivity contribution >= 4 is 21.7 Å². The van der Waals surface area contributed by atoms with Crippen LogP contribution in [0, 0.1) is 11.8 Å². The van der Waals surface area contributed by atoms with Gasteiger partial charge in [0.1, 0.15) is 17.9 Å². The third-order valence-corrected chi connectivity index (χ3v) is 8.35. The monoisotopic (exact) mass is 443 g/mol. The largest absolute Gasteiger partial charge is 0.496 e. The molecule has 164 valence electrons. The lowest BCUT2D eigenvalue weighted by Gasteiger charge is -2.22. The molecule has 2 unspecified atom stereocenters. The molecule has 0 radical (unpaired) electrons. The number of sulfonamides is 1. The number of benzene rings is 1. The van der Waals surface area contributed by atoms with Gasteiger partial charge in [0.25, 0.3) is 5.91 Å². The van der Waals surface area contributed by atoms with E-state index in [0.717, 1.165) is 24.6 Å². The molecule has 2 aliphatic heterocycles. The summed E-state index contributed by atoms with van der Waals surface area (Å²) in [5.74, 6) is 1.52. The van der Waals surface area contributed by atoms with Crippen molar-refractivity contribution in [2.75, 3.05) is 38.2 Å². The first-order chi connectivity index (χ1) is 14.9. The molecule has 31 heavy (non-hydrogen) atoms. The number of rotatable bonds is 6.